The summed E-state index contributed by atoms with van der Waals surface area (Å²) in [5.74, 6) is 7.31. The molecule has 0 amide bonds. The van der Waals surface area contributed by atoms with Gasteiger partial charge in [-0.1, -0.05) is 0 Å². The fourth-order valence-corrected chi connectivity index (χ4v) is 11.3. The summed E-state index contributed by atoms with van der Waals surface area (Å²) in [7, 11) is 0. The van der Waals surface area contributed by atoms with Crippen molar-refractivity contribution in [2.24, 2.45) is 0 Å². The van der Waals surface area contributed by atoms with Gasteiger partial charge in [-0.3, -0.25) is 0 Å². The minimum absolute atomic E-state index is 0.241. The minimum atomic E-state index is -2.74. The first-order valence-corrected chi connectivity index (χ1v) is 18.5. The first-order valence-electron chi connectivity index (χ1n) is 14.7. The summed E-state index contributed by atoms with van der Waals surface area (Å²) in [6.45, 7) is 0. The van der Waals surface area contributed by atoms with Gasteiger partial charge in [0.1, 0.15) is 0 Å². The van der Waals surface area contributed by atoms with Crippen molar-refractivity contribution in [2.75, 3.05) is 0 Å². The molecule has 0 aliphatic heterocycles. The van der Waals surface area contributed by atoms with Crippen molar-refractivity contribution in [3.05, 3.63) is 208 Å². The molecule has 0 N–H and O–H groups in total. The van der Waals surface area contributed by atoms with Gasteiger partial charge in [-0.2, -0.15) is 0 Å². The van der Waals surface area contributed by atoms with Gasteiger partial charge in [0.2, 0.25) is 0 Å². The van der Waals surface area contributed by atoms with Gasteiger partial charge in [-0.15, -0.1) is 0 Å². The standard InChI is InChI=1S/C26H17.2C8H5.Sb/c1-2-10-18(11-3-1)26-22-15-7-4-12-19(22)25(20-13-5-8-16-23(20)26)21-14-6-9-17-24(21)26;2*1-2-8-6-4-3-5-7-8;/h1-10,12-17,25H;2*3-7H;. The second-order valence-corrected chi connectivity index (χ2v) is 15.6. The van der Waals surface area contributed by atoms with E-state index in [1.54, 1.807) is 0 Å². The Hall–Kier alpha value is -4.74. The Bertz CT molecular complexity index is 1930. The summed E-state index contributed by atoms with van der Waals surface area (Å²) in [6, 6.07) is 57.0. The third kappa shape index (κ3) is 4.18. The van der Waals surface area contributed by atoms with Crippen molar-refractivity contribution in [1.29, 1.82) is 0 Å². The van der Waals surface area contributed by atoms with Crippen LogP contribution in [0.1, 0.15) is 56.0 Å². The summed E-state index contributed by atoms with van der Waals surface area (Å²) < 4.78 is 8.91. The summed E-state index contributed by atoms with van der Waals surface area (Å²) in [4.78, 5) is 0. The average molecular weight is 653 g/mol. The van der Waals surface area contributed by atoms with Gasteiger partial charge in [0.05, 0.1) is 0 Å². The molecule has 0 heterocycles. The van der Waals surface area contributed by atoms with E-state index in [1.807, 2.05) is 12.1 Å². The second kappa shape index (κ2) is 10.8. The molecule has 43 heavy (non-hydrogen) atoms. The maximum absolute atomic E-state index is 3.79. The van der Waals surface area contributed by atoms with Crippen molar-refractivity contribution in [3.8, 4) is 19.6 Å². The molecule has 0 atom stereocenters. The molecule has 0 saturated heterocycles. The van der Waals surface area contributed by atoms with Gasteiger partial charge in [-0.05, 0) is 0 Å². The SMILES string of the molecule is C(#[C][Sb]([C]#Cc1ccccc1)[c]1ccccc1C12c3ccccc3C(c3ccccc31)c1ccccc12)c1ccccc1. The van der Waals surface area contributed by atoms with Gasteiger partial charge in [0.25, 0.3) is 0 Å². The molecule has 6 aromatic carbocycles. The molecule has 0 radical (unpaired) electrons. The average Bonchev–Trinajstić information content (AvgIpc) is 3.09. The molecule has 0 nitrogen and oxygen atoms in total. The molecule has 6 aromatic rings. The van der Waals surface area contributed by atoms with Crippen LogP contribution in [0.25, 0.3) is 0 Å². The third-order valence-corrected chi connectivity index (χ3v) is 13.2. The molecule has 0 aromatic heterocycles. The Kier molecular flexibility index (Phi) is 6.53. The molecule has 0 fully saturated rings. The van der Waals surface area contributed by atoms with Crippen LogP contribution in [-0.4, -0.2) is 20.2 Å². The molecular formula is C42H27Sb. The first-order chi connectivity index (χ1) is 21.4. The van der Waals surface area contributed by atoms with E-state index in [2.05, 4.69) is 165 Å². The van der Waals surface area contributed by atoms with Crippen LogP contribution < -0.4 is 3.51 Å². The van der Waals surface area contributed by atoms with Gasteiger partial charge in [0.15, 0.2) is 0 Å². The molecule has 3 aliphatic carbocycles. The molecule has 0 saturated carbocycles. The van der Waals surface area contributed by atoms with Crippen molar-refractivity contribution in [2.45, 2.75) is 11.3 Å². The zero-order valence-electron chi connectivity index (χ0n) is 23.5. The molecule has 9 rings (SSSR count). The van der Waals surface area contributed by atoms with Gasteiger partial charge in [-0.25, -0.2) is 0 Å². The molecule has 0 spiro atoms. The Morgan fingerprint density at radius 1 is 0.395 bits per heavy atom. The van der Waals surface area contributed by atoms with Crippen molar-refractivity contribution >= 4 is 23.7 Å². The van der Waals surface area contributed by atoms with E-state index in [9.17, 15) is 0 Å². The Morgan fingerprint density at radius 2 is 0.767 bits per heavy atom. The van der Waals surface area contributed by atoms with E-state index in [0.29, 0.717) is 0 Å². The predicted molar refractivity (Wildman–Crippen MR) is 178 cm³/mol. The molecule has 1 heteroatoms. The van der Waals surface area contributed by atoms with Crippen molar-refractivity contribution in [1.82, 2.24) is 0 Å². The second-order valence-electron chi connectivity index (χ2n) is 11.0. The van der Waals surface area contributed by atoms with Crippen LogP contribution in [0.2, 0.25) is 0 Å². The van der Waals surface area contributed by atoms with Crippen LogP contribution in [-0.2, 0) is 5.41 Å². The fraction of sp³-hybridized carbons (Fsp3) is 0.0476. The summed E-state index contributed by atoms with van der Waals surface area (Å²) >= 11 is -2.74. The monoisotopic (exact) mass is 652 g/mol. The van der Waals surface area contributed by atoms with Crippen LogP contribution in [0, 0.1) is 19.6 Å². The summed E-state index contributed by atoms with van der Waals surface area (Å²) in [5, 5.41) is 0. The number of hydrogen-bond donors (Lipinski definition) is 0. The zero-order chi connectivity index (χ0) is 28.6. The molecule has 2 bridgehead atoms. The number of benzene rings is 6. The van der Waals surface area contributed by atoms with Crippen LogP contribution in [0.4, 0.5) is 0 Å². The Labute approximate surface area is 261 Å². The first kappa shape index (κ1) is 25.9. The molecule has 3 aliphatic rings. The Balaban J connectivity index is 1.43. The number of rotatable bonds is 2. The van der Waals surface area contributed by atoms with Crippen LogP contribution in [0.5, 0.6) is 0 Å². The zero-order valence-corrected chi connectivity index (χ0v) is 26.1. The van der Waals surface area contributed by atoms with E-state index in [1.165, 1.54) is 42.5 Å². The molecule has 200 valence electrons. The van der Waals surface area contributed by atoms with Crippen LogP contribution in [0.3, 0.4) is 0 Å². The summed E-state index contributed by atoms with van der Waals surface area (Å²) in [6.07, 6.45) is 0. The third-order valence-electron chi connectivity index (χ3n) is 8.75. The van der Waals surface area contributed by atoms with Crippen LogP contribution >= 0.6 is 0 Å². The molecule has 0 unspecified atom stereocenters. The van der Waals surface area contributed by atoms with Crippen molar-refractivity contribution in [3.63, 3.8) is 0 Å². The van der Waals surface area contributed by atoms with E-state index in [0.717, 1.165) is 11.1 Å². The van der Waals surface area contributed by atoms with Gasteiger partial charge < -0.3 is 0 Å². The predicted octanol–water partition coefficient (Wildman–Crippen LogP) is 7.76. The molecular weight excluding hydrogens is 626 g/mol. The number of hydrogen-bond acceptors (Lipinski definition) is 0. The fourth-order valence-electron chi connectivity index (χ4n) is 7.06. The normalized spacial score (nSPS) is 17.0. The van der Waals surface area contributed by atoms with Crippen LogP contribution in [0.15, 0.2) is 158 Å². The quantitative estimate of drug-likeness (QED) is 0.132. The van der Waals surface area contributed by atoms with E-state index in [4.69, 9.17) is 0 Å². The Morgan fingerprint density at radius 3 is 1.23 bits per heavy atom. The van der Waals surface area contributed by atoms with E-state index in [-0.39, 0.29) is 5.92 Å². The summed E-state index contributed by atoms with van der Waals surface area (Å²) in [5.41, 5.74) is 11.3. The van der Waals surface area contributed by atoms with E-state index >= 15 is 0 Å². The van der Waals surface area contributed by atoms with Gasteiger partial charge in [0, 0.05) is 0 Å². The maximum atomic E-state index is 3.79. The topological polar surface area (TPSA) is 0 Å². The van der Waals surface area contributed by atoms with Crippen molar-refractivity contribution < 1.29 is 0 Å². The van der Waals surface area contributed by atoms with Gasteiger partial charge >= 0.3 is 262 Å². The van der Waals surface area contributed by atoms with E-state index < -0.39 is 25.6 Å².